The molecule has 0 heterocycles. The number of hydrogen-bond donors (Lipinski definition) is 2. The Morgan fingerprint density at radius 3 is 2.38 bits per heavy atom. The van der Waals surface area contributed by atoms with Gasteiger partial charge in [0.15, 0.2) is 6.61 Å². The summed E-state index contributed by atoms with van der Waals surface area (Å²) in [6.07, 6.45) is 0.298. The first-order valence-corrected chi connectivity index (χ1v) is 11.5. The van der Waals surface area contributed by atoms with Gasteiger partial charge in [0, 0.05) is 13.1 Å². The molecule has 0 bridgehead atoms. The second-order valence-electron chi connectivity index (χ2n) is 7.04. The van der Waals surface area contributed by atoms with Crippen LogP contribution in [0.3, 0.4) is 0 Å². The molecule has 3 aromatic rings. The second-order valence-corrected chi connectivity index (χ2v) is 8.81. The van der Waals surface area contributed by atoms with Crippen LogP contribution in [-0.2, 0) is 30.8 Å². The van der Waals surface area contributed by atoms with Crippen LogP contribution in [0.5, 0.6) is 0 Å². The molecular weight excluding hydrogens is 435 g/mol. The first kappa shape index (κ1) is 23.4. The summed E-state index contributed by atoms with van der Waals surface area (Å²) in [5, 5.41) is 4.31. The van der Waals surface area contributed by atoms with Gasteiger partial charge in [-0.05, 0) is 47.0 Å². The summed E-state index contributed by atoms with van der Waals surface area (Å²) in [5.74, 6) is -1.50. The predicted molar refractivity (Wildman–Crippen MR) is 118 cm³/mol. The van der Waals surface area contributed by atoms with Gasteiger partial charge in [-0.3, -0.25) is 9.59 Å². The van der Waals surface area contributed by atoms with Gasteiger partial charge < -0.3 is 10.1 Å². The minimum Gasteiger partial charge on any atom is -0.456 e. The Hall–Kier alpha value is -3.30. The second kappa shape index (κ2) is 10.8. The summed E-state index contributed by atoms with van der Waals surface area (Å²) in [6.45, 7) is -0.298. The van der Waals surface area contributed by atoms with Gasteiger partial charge in [0.1, 0.15) is 5.82 Å². The van der Waals surface area contributed by atoms with E-state index in [-0.39, 0.29) is 23.7 Å². The Labute approximate surface area is 185 Å². The van der Waals surface area contributed by atoms with Crippen LogP contribution >= 0.6 is 0 Å². The van der Waals surface area contributed by atoms with Gasteiger partial charge >= 0.3 is 5.97 Å². The monoisotopic (exact) mass is 458 g/mol. The molecule has 0 saturated heterocycles. The van der Waals surface area contributed by atoms with Gasteiger partial charge in [0.25, 0.3) is 5.91 Å². The number of benzene rings is 3. The summed E-state index contributed by atoms with van der Waals surface area (Å²) in [4.78, 5) is 23.7. The van der Waals surface area contributed by atoms with Crippen molar-refractivity contribution >= 4 is 32.7 Å². The molecule has 2 N–H and O–H groups in total. The third kappa shape index (κ3) is 6.86. The number of amides is 1. The van der Waals surface area contributed by atoms with Crippen molar-refractivity contribution in [1.82, 2.24) is 10.0 Å². The topological polar surface area (TPSA) is 102 Å². The molecule has 0 radical (unpaired) electrons. The van der Waals surface area contributed by atoms with E-state index in [1.54, 1.807) is 24.3 Å². The molecule has 0 aliphatic carbocycles. The number of rotatable bonds is 10. The van der Waals surface area contributed by atoms with Crippen molar-refractivity contribution < 1.29 is 27.1 Å². The fraction of sp³-hybridized carbons (Fsp3) is 0.217. The molecular formula is C23H23FN2O5S. The number of sulfonamides is 1. The van der Waals surface area contributed by atoms with Gasteiger partial charge in [-0.2, -0.15) is 0 Å². The number of esters is 1. The van der Waals surface area contributed by atoms with Crippen molar-refractivity contribution in [2.75, 3.05) is 19.7 Å². The molecule has 1 amide bonds. The lowest BCUT2D eigenvalue weighted by molar-refractivity contribution is -0.148. The van der Waals surface area contributed by atoms with E-state index < -0.39 is 28.5 Å². The average Bonchev–Trinajstić information content (AvgIpc) is 2.78. The summed E-state index contributed by atoms with van der Waals surface area (Å²) >= 11 is 0. The Balaban J connectivity index is 1.36. The normalized spacial score (nSPS) is 11.3. The van der Waals surface area contributed by atoms with E-state index in [2.05, 4.69) is 10.0 Å². The van der Waals surface area contributed by atoms with Crippen LogP contribution in [0.2, 0.25) is 0 Å². The van der Waals surface area contributed by atoms with E-state index in [0.717, 1.165) is 16.3 Å². The number of carbonyl (C=O) groups is 2. The third-order valence-corrected chi connectivity index (χ3v) is 6.12. The van der Waals surface area contributed by atoms with Gasteiger partial charge in [-0.25, -0.2) is 17.5 Å². The van der Waals surface area contributed by atoms with Crippen LogP contribution < -0.4 is 10.0 Å². The standard InChI is InChI=1S/C23H23FN2O5S/c24-20-8-5-17(6-9-20)11-13-25-22(27)16-31-23(28)12-14-26-32(29,30)21-10-7-18-3-1-2-4-19(18)15-21/h1-10,15,26H,11-14,16H2,(H,25,27). The molecule has 0 atom stereocenters. The lowest BCUT2D eigenvalue weighted by Gasteiger charge is -2.09. The third-order valence-electron chi connectivity index (χ3n) is 4.67. The minimum atomic E-state index is -3.78. The highest BCUT2D eigenvalue weighted by Crippen LogP contribution is 2.18. The van der Waals surface area contributed by atoms with Crippen molar-refractivity contribution in [3.63, 3.8) is 0 Å². The molecule has 0 spiro atoms. The molecule has 0 fully saturated rings. The van der Waals surface area contributed by atoms with Crippen LogP contribution in [0.25, 0.3) is 10.8 Å². The zero-order valence-electron chi connectivity index (χ0n) is 17.2. The first-order valence-electron chi connectivity index (χ1n) is 9.99. The lowest BCUT2D eigenvalue weighted by atomic mass is 10.1. The highest BCUT2D eigenvalue weighted by molar-refractivity contribution is 7.89. The van der Waals surface area contributed by atoms with Crippen molar-refractivity contribution in [1.29, 1.82) is 0 Å². The molecule has 7 nitrogen and oxygen atoms in total. The average molecular weight is 459 g/mol. The first-order chi connectivity index (χ1) is 15.3. The zero-order valence-corrected chi connectivity index (χ0v) is 18.0. The summed E-state index contributed by atoms with van der Waals surface area (Å²) in [5.41, 5.74) is 0.863. The Bertz CT molecular complexity index is 1200. The maximum atomic E-state index is 12.9. The molecule has 3 rings (SSSR count). The van der Waals surface area contributed by atoms with Crippen molar-refractivity contribution in [3.8, 4) is 0 Å². The fourth-order valence-electron chi connectivity index (χ4n) is 2.97. The molecule has 0 unspecified atom stereocenters. The highest BCUT2D eigenvalue weighted by atomic mass is 32.2. The number of hydrogen-bond acceptors (Lipinski definition) is 5. The quantitative estimate of drug-likeness (QED) is 0.455. The Morgan fingerprint density at radius 1 is 0.906 bits per heavy atom. The van der Waals surface area contributed by atoms with Crippen LogP contribution in [0.15, 0.2) is 71.6 Å². The van der Waals surface area contributed by atoms with E-state index >= 15 is 0 Å². The smallest absolute Gasteiger partial charge is 0.307 e. The van der Waals surface area contributed by atoms with E-state index in [4.69, 9.17) is 4.74 Å². The van der Waals surface area contributed by atoms with E-state index in [1.165, 1.54) is 18.2 Å². The number of ether oxygens (including phenoxy) is 1. The maximum Gasteiger partial charge on any atom is 0.307 e. The van der Waals surface area contributed by atoms with Gasteiger partial charge in [0.05, 0.1) is 11.3 Å². The SMILES string of the molecule is O=C(COC(=O)CCNS(=O)(=O)c1ccc2ccccc2c1)NCCc1ccc(F)cc1. The molecule has 3 aromatic carbocycles. The molecule has 168 valence electrons. The van der Waals surface area contributed by atoms with E-state index in [1.807, 2.05) is 24.3 Å². The lowest BCUT2D eigenvalue weighted by Crippen LogP contribution is -2.31. The van der Waals surface area contributed by atoms with Crippen molar-refractivity contribution in [2.24, 2.45) is 0 Å². The van der Waals surface area contributed by atoms with Crippen LogP contribution in [0.1, 0.15) is 12.0 Å². The zero-order chi connectivity index (χ0) is 23.0. The summed E-state index contributed by atoms with van der Waals surface area (Å²) in [7, 11) is -3.78. The van der Waals surface area contributed by atoms with Crippen LogP contribution in [-0.4, -0.2) is 40.0 Å². The predicted octanol–water partition coefficient (Wildman–Crippen LogP) is 2.55. The van der Waals surface area contributed by atoms with Gasteiger partial charge in [-0.15, -0.1) is 0 Å². The van der Waals surface area contributed by atoms with Crippen LogP contribution in [0.4, 0.5) is 4.39 Å². The summed E-state index contributed by atoms with van der Waals surface area (Å²) < 4.78 is 44.9. The summed E-state index contributed by atoms with van der Waals surface area (Å²) in [6, 6.07) is 18.1. The highest BCUT2D eigenvalue weighted by Gasteiger charge is 2.15. The molecule has 0 aromatic heterocycles. The molecule has 9 heteroatoms. The van der Waals surface area contributed by atoms with Gasteiger partial charge in [-0.1, -0.05) is 42.5 Å². The Morgan fingerprint density at radius 2 is 1.62 bits per heavy atom. The number of halogens is 1. The fourth-order valence-corrected chi connectivity index (χ4v) is 4.04. The van der Waals surface area contributed by atoms with Crippen molar-refractivity contribution in [3.05, 3.63) is 78.1 Å². The molecule has 0 saturated carbocycles. The van der Waals surface area contributed by atoms with Crippen LogP contribution in [0, 0.1) is 5.82 Å². The molecule has 32 heavy (non-hydrogen) atoms. The number of carbonyl (C=O) groups excluding carboxylic acids is 2. The Kier molecular flexibility index (Phi) is 7.91. The number of nitrogens with one attached hydrogen (secondary N) is 2. The maximum absolute atomic E-state index is 12.9. The van der Waals surface area contributed by atoms with E-state index in [0.29, 0.717) is 13.0 Å². The van der Waals surface area contributed by atoms with E-state index in [9.17, 15) is 22.4 Å². The van der Waals surface area contributed by atoms with Crippen molar-refractivity contribution in [2.45, 2.75) is 17.7 Å². The molecule has 0 aliphatic heterocycles. The van der Waals surface area contributed by atoms with Gasteiger partial charge in [0.2, 0.25) is 10.0 Å². The number of fused-ring (bicyclic) bond motifs is 1. The largest absolute Gasteiger partial charge is 0.456 e. The minimum absolute atomic E-state index is 0.102. The molecule has 0 aliphatic rings.